The molecule has 1 aliphatic carbocycles. The van der Waals surface area contributed by atoms with E-state index in [-0.39, 0.29) is 16.6 Å². The van der Waals surface area contributed by atoms with Crippen LogP contribution in [0.3, 0.4) is 0 Å². The molecule has 0 N–H and O–H groups in total. The van der Waals surface area contributed by atoms with Crippen LogP contribution < -0.4 is 4.90 Å². The Morgan fingerprint density at radius 2 is 1.65 bits per heavy atom. The quantitative estimate of drug-likeness (QED) is 0.319. The van der Waals surface area contributed by atoms with Gasteiger partial charge in [-0.25, -0.2) is 0 Å². The number of rotatable bonds is 7. The minimum absolute atomic E-state index is 0.0553. The van der Waals surface area contributed by atoms with Crippen molar-refractivity contribution in [1.82, 2.24) is 0 Å². The van der Waals surface area contributed by atoms with Gasteiger partial charge in [0.2, 0.25) is 5.69 Å². The van der Waals surface area contributed by atoms with Gasteiger partial charge in [0.05, 0.1) is 11.8 Å². The fourth-order valence-electron chi connectivity index (χ4n) is 6.70. The van der Waals surface area contributed by atoms with E-state index < -0.39 is 0 Å². The molecule has 0 fully saturated rings. The third kappa shape index (κ3) is 4.94. The van der Waals surface area contributed by atoms with Crippen molar-refractivity contribution in [3.8, 4) is 0 Å². The number of hydrogen-bond acceptors (Lipinski definition) is 2. The van der Waals surface area contributed by atoms with Gasteiger partial charge in [-0.1, -0.05) is 74.0 Å². The molecule has 2 aliphatic heterocycles. The lowest BCUT2D eigenvalue weighted by Crippen LogP contribution is -2.28. The Labute approximate surface area is 245 Å². The molecule has 4 heteroatoms. The molecular formula is C36H42ClN2O+. The number of fused-ring (bicyclic) bond motifs is 2. The lowest BCUT2D eigenvalue weighted by molar-refractivity contribution is -0.436. The van der Waals surface area contributed by atoms with Crippen LogP contribution in [-0.2, 0) is 15.6 Å². The summed E-state index contributed by atoms with van der Waals surface area (Å²) in [6.45, 7) is 14.7. The van der Waals surface area contributed by atoms with Crippen LogP contribution in [0.15, 0.2) is 94.7 Å². The molecule has 3 nitrogen and oxygen atoms in total. The molecule has 0 aromatic heterocycles. The molecule has 0 amide bonds. The van der Waals surface area contributed by atoms with Crippen LogP contribution in [-0.4, -0.2) is 29.2 Å². The predicted octanol–water partition coefficient (Wildman–Crippen LogP) is 8.90. The Bertz CT molecular complexity index is 1500. The van der Waals surface area contributed by atoms with E-state index in [1.54, 1.807) is 6.92 Å². The zero-order valence-corrected chi connectivity index (χ0v) is 25.6. The zero-order valence-electron chi connectivity index (χ0n) is 24.9. The zero-order chi connectivity index (χ0) is 28.7. The Balaban J connectivity index is 1.49. The first-order valence-electron chi connectivity index (χ1n) is 14.7. The lowest BCUT2D eigenvalue weighted by Gasteiger charge is -2.26. The van der Waals surface area contributed by atoms with Gasteiger partial charge in [0.25, 0.3) is 0 Å². The summed E-state index contributed by atoms with van der Waals surface area (Å²) in [5.74, 6) is 0.211. The van der Waals surface area contributed by atoms with Gasteiger partial charge in [0.1, 0.15) is 5.78 Å². The number of allylic oxidation sites excluding steroid dienone is 8. The predicted molar refractivity (Wildman–Crippen MR) is 169 cm³/mol. The van der Waals surface area contributed by atoms with Crippen LogP contribution in [0.4, 0.5) is 11.4 Å². The number of nitrogens with zero attached hydrogens (tertiary/aromatic N) is 2. The van der Waals surface area contributed by atoms with Gasteiger partial charge in [-0.15, -0.1) is 0 Å². The summed E-state index contributed by atoms with van der Waals surface area (Å²) in [4.78, 5) is 14.3. The topological polar surface area (TPSA) is 23.3 Å². The average Bonchev–Trinajstić information content (AvgIpc) is 3.29. The number of benzene rings is 2. The SMILES string of the molecule is CCN1C(=CC=C2CCCC(C=CC3=[N+](CCC(C)=O)c4ccccc4C3(C)C)=C2Cl)C(C)(C)c2ccccc21. The van der Waals surface area contributed by atoms with E-state index in [0.717, 1.165) is 30.8 Å². The Morgan fingerprint density at radius 3 is 2.38 bits per heavy atom. The van der Waals surface area contributed by atoms with Crippen LogP contribution in [0, 0.1) is 0 Å². The number of halogens is 1. The van der Waals surface area contributed by atoms with Gasteiger partial charge in [0.15, 0.2) is 12.3 Å². The molecule has 0 spiro atoms. The number of para-hydroxylation sites is 2. The number of anilines is 1. The van der Waals surface area contributed by atoms with Gasteiger partial charge in [-0.2, -0.15) is 4.58 Å². The number of carbonyl (C=O) groups excluding carboxylic acids is 1. The summed E-state index contributed by atoms with van der Waals surface area (Å²) in [5, 5.41) is 0.875. The minimum atomic E-state index is -0.151. The second kappa shape index (κ2) is 11.0. The number of ketones is 1. The summed E-state index contributed by atoms with van der Waals surface area (Å²) in [6.07, 6.45) is 12.6. The fourth-order valence-corrected chi connectivity index (χ4v) is 7.01. The molecular weight excluding hydrogens is 512 g/mol. The van der Waals surface area contributed by atoms with Gasteiger partial charge in [0, 0.05) is 46.1 Å². The molecule has 208 valence electrons. The third-order valence-electron chi connectivity index (χ3n) is 8.94. The molecule has 0 atom stereocenters. The van der Waals surface area contributed by atoms with E-state index >= 15 is 0 Å². The average molecular weight is 554 g/mol. The number of Topliss-reactive ketones (excluding diaryl/α,β-unsaturated/α-hetero) is 1. The van der Waals surface area contributed by atoms with Crippen molar-refractivity contribution in [2.45, 2.75) is 78.1 Å². The van der Waals surface area contributed by atoms with Crippen LogP contribution in [0.2, 0.25) is 0 Å². The first-order chi connectivity index (χ1) is 19.1. The van der Waals surface area contributed by atoms with Crippen molar-refractivity contribution in [3.63, 3.8) is 0 Å². The van der Waals surface area contributed by atoms with E-state index in [4.69, 9.17) is 11.6 Å². The lowest BCUT2D eigenvalue weighted by atomic mass is 9.81. The number of hydrogen-bond donors (Lipinski definition) is 0. The monoisotopic (exact) mass is 553 g/mol. The number of likely N-dealkylation sites (N-methyl/N-ethyl adjacent to an activating group) is 1. The minimum Gasteiger partial charge on any atom is -0.344 e. The molecule has 2 heterocycles. The molecule has 2 aromatic carbocycles. The van der Waals surface area contributed by atoms with E-state index in [2.05, 4.69) is 117 Å². The van der Waals surface area contributed by atoms with Gasteiger partial charge >= 0.3 is 0 Å². The van der Waals surface area contributed by atoms with Crippen molar-refractivity contribution in [2.24, 2.45) is 0 Å². The smallest absolute Gasteiger partial charge is 0.209 e. The maximum Gasteiger partial charge on any atom is 0.209 e. The van der Waals surface area contributed by atoms with Crippen LogP contribution in [0.5, 0.6) is 0 Å². The van der Waals surface area contributed by atoms with Crippen molar-refractivity contribution in [2.75, 3.05) is 18.0 Å². The Morgan fingerprint density at radius 1 is 0.950 bits per heavy atom. The normalized spacial score (nSPS) is 21.6. The van der Waals surface area contributed by atoms with E-state index in [1.165, 1.54) is 45.1 Å². The second-order valence-electron chi connectivity index (χ2n) is 12.3. The van der Waals surface area contributed by atoms with E-state index in [0.29, 0.717) is 13.0 Å². The molecule has 3 aliphatic rings. The van der Waals surface area contributed by atoms with Crippen molar-refractivity contribution >= 4 is 34.5 Å². The van der Waals surface area contributed by atoms with E-state index in [1.807, 2.05) is 0 Å². The molecule has 0 bridgehead atoms. The van der Waals surface area contributed by atoms with Crippen LogP contribution in [0.25, 0.3) is 0 Å². The second-order valence-corrected chi connectivity index (χ2v) is 12.7. The largest absolute Gasteiger partial charge is 0.344 e. The first kappa shape index (κ1) is 28.4. The maximum absolute atomic E-state index is 11.9. The highest BCUT2D eigenvalue weighted by atomic mass is 35.5. The van der Waals surface area contributed by atoms with Crippen molar-refractivity contribution in [3.05, 3.63) is 106 Å². The van der Waals surface area contributed by atoms with Gasteiger partial charge < -0.3 is 4.90 Å². The van der Waals surface area contributed by atoms with Crippen LogP contribution in [0.1, 0.15) is 78.4 Å². The molecule has 40 heavy (non-hydrogen) atoms. The molecule has 0 unspecified atom stereocenters. The molecule has 0 saturated heterocycles. The maximum atomic E-state index is 11.9. The third-order valence-corrected chi connectivity index (χ3v) is 9.43. The Hall–Kier alpha value is -3.17. The Kier molecular flexibility index (Phi) is 7.81. The van der Waals surface area contributed by atoms with Gasteiger partial charge in [-0.3, -0.25) is 4.79 Å². The van der Waals surface area contributed by atoms with E-state index in [9.17, 15) is 4.79 Å². The highest BCUT2D eigenvalue weighted by Gasteiger charge is 2.44. The molecule has 0 radical (unpaired) electrons. The summed E-state index contributed by atoms with van der Waals surface area (Å²) in [5.41, 5.74) is 9.90. The standard InChI is InChI=1S/C36H42ClN2O/c1-7-38-30-17-10-8-15-28(30)35(3,4)32(38)21-19-26-13-12-14-27(34(26)37)20-22-33-36(5,6)29-16-9-11-18-31(29)39(33)24-23-25(2)40/h8-11,15-22H,7,12-14,23-24H2,1-6H3/q+1. The van der Waals surface area contributed by atoms with Crippen molar-refractivity contribution < 1.29 is 9.37 Å². The summed E-state index contributed by atoms with van der Waals surface area (Å²) >= 11 is 7.10. The van der Waals surface area contributed by atoms with Crippen LogP contribution >= 0.6 is 11.6 Å². The summed E-state index contributed by atoms with van der Waals surface area (Å²) in [7, 11) is 0. The highest BCUT2D eigenvalue weighted by Crippen LogP contribution is 2.47. The molecule has 2 aromatic rings. The first-order valence-corrected chi connectivity index (χ1v) is 15.0. The summed E-state index contributed by atoms with van der Waals surface area (Å²) in [6, 6.07) is 17.3. The van der Waals surface area contributed by atoms with Crippen molar-refractivity contribution in [1.29, 1.82) is 0 Å². The molecule has 0 saturated carbocycles. The fraction of sp³-hybridized carbons (Fsp3) is 0.389. The number of carbonyl (C=O) groups is 1. The van der Waals surface area contributed by atoms with Gasteiger partial charge in [-0.05, 0) is 75.8 Å². The highest BCUT2D eigenvalue weighted by molar-refractivity contribution is 6.32. The summed E-state index contributed by atoms with van der Waals surface area (Å²) < 4.78 is 2.32. The molecule has 5 rings (SSSR count).